The van der Waals surface area contributed by atoms with E-state index in [4.69, 9.17) is 0 Å². The van der Waals surface area contributed by atoms with Gasteiger partial charge in [0, 0.05) is 0 Å². The molecule has 0 N–H and O–H groups in total. The molecule has 8 heavy (non-hydrogen) atoms. The second kappa shape index (κ2) is 3.32. The van der Waals surface area contributed by atoms with Crippen molar-refractivity contribution >= 4 is 30.7 Å². The van der Waals surface area contributed by atoms with Crippen molar-refractivity contribution in [2.45, 2.75) is 0 Å². The van der Waals surface area contributed by atoms with E-state index in [-0.39, 0.29) is 24.7 Å². The highest BCUT2D eigenvalue weighted by Crippen LogP contribution is 1.76. The molecule has 0 unspecified atom stereocenters. The first-order valence-corrected chi connectivity index (χ1v) is 1.94. The smallest absolute Gasteiger partial charge is 0.195 e. The maximum atomic E-state index is 10.2. The summed E-state index contributed by atoms with van der Waals surface area (Å²) >= 11 is 0. The highest BCUT2D eigenvalue weighted by Gasteiger charge is 1.94. The van der Waals surface area contributed by atoms with Crippen LogP contribution in [0.1, 0.15) is 0 Å². The predicted molar refractivity (Wildman–Crippen MR) is 34.1 cm³/mol. The zero-order valence-corrected chi connectivity index (χ0v) is 4.89. The van der Waals surface area contributed by atoms with Gasteiger partial charge in [-0.3, -0.25) is 9.79 Å². The Bertz CT molecular complexity index is 141. The lowest BCUT2D eigenvalue weighted by molar-refractivity contribution is -0.111. The van der Waals surface area contributed by atoms with Gasteiger partial charge in [0.05, 0.1) is 6.21 Å². The van der Waals surface area contributed by atoms with Crippen molar-refractivity contribution in [3.05, 3.63) is 0 Å². The summed E-state index contributed by atoms with van der Waals surface area (Å²) in [5, 5.41) is 0. The second-order valence-corrected chi connectivity index (χ2v) is 1.20. The molecular weight excluding hydrogens is 128 g/mol. The first kappa shape index (κ1) is 7.30. The quantitative estimate of drug-likeness (QED) is 0.461. The van der Waals surface area contributed by atoms with Gasteiger partial charge in [-0.15, -0.1) is 12.4 Å². The molecule has 0 aromatic carbocycles. The molecule has 0 amide bonds. The van der Waals surface area contributed by atoms with Crippen molar-refractivity contribution in [2.24, 2.45) is 9.98 Å². The van der Waals surface area contributed by atoms with E-state index in [1.54, 1.807) is 0 Å². The molecule has 44 valence electrons. The van der Waals surface area contributed by atoms with Crippen LogP contribution in [0.2, 0.25) is 0 Å². The van der Waals surface area contributed by atoms with Crippen LogP contribution < -0.4 is 0 Å². The fourth-order valence-electron chi connectivity index (χ4n) is 0.335. The van der Waals surface area contributed by atoms with Gasteiger partial charge in [-0.25, -0.2) is 4.99 Å². The van der Waals surface area contributed by atoms with Crippen LogP contribution in [-0.2, 0) is 4.79 Å². The molecule has 4 heteroatoms. The van der Waals surface area contributed by atoms with Crippen LogP contribution in [0.25, 0.3) is 0 Å². The third-order valence-electron chi connectivity index (χ3n) is 0.614. The van der Waals surface area contributed by atoms with Crippen LogP contribution in [0, 0.1) is 0 Å². The lowest BCUT2D eigenvalue weighted by Crippen LogP contribution is -2.06. The average Bonchev–Trinajstić information content (AvgIpc) is 1.69. The van der Waals surface area contributed by atoms with Crippen molar-refractivity contribution in [1.29, 1.82) is 0 Å². The van der Waals surface area contributed by atoms with E-state index in [9.17, 15) is 4.79 Å². The number of nitrogens with zero attached hydrogens (tertiary/aromatic N) is 2. The number of carbonyl (C=O) groups is 1. The molecule has 1 aliphatic rings. The van der Waals surface area contributed by atoms with E-state index < -0.39 is 0 Å². The summed E-state index contributed by atoms with van der Waals surface area (Å²) in [5.41, 5.74) is 0. The van der Waals surface area contributed by atoms with Crippen LogP contribution in [-0.4, -0.2) is 24.9 Å². The van der Waals surface area contributed by atoms with Gasteiger partial charge in [0.1, 0.15) is 12.9 Å². The van der Waals surface area contributed by atoms with Gasteiger partial charge in [0.2, 0.25) is 0 Å². The Morgan fingerprint density at radius 2 is 2.38 bits per heavy atom. The number of hydrogen-bond donors (Lipinski definition) is 0. The molecule has 0 aromatic heterocycles. The van der Waals surface area contributed by atoms with Gasteiger partial charge in [-0.2, -0.15) is 0 Å². The van der Waals surface area contributed by atoms with Gasteiger partial charge in [-0.05, 0) is 0 Å². The lowest BCUT2D eigenvalue weighted by atomic mass is 10.4. The largest absolute Gasteiger partial charge is 0.291 e. The van der Waals surface area contributed by atoms with E-state index in [2.05, 4.69) is 9.98 Å². The zero-order valence-electron chi connectivity index (χ0n) is 4.07. The summed E-state index contributed by atoms with van der Waals surface area (Å²) in [6.45, 7) is 0.267. The van der Waals surface area contributed by atoms with Gasteiger partial charge in [-0.1, -0.05) is 0 Å². The van der Waals surface area contributed by atoms with E-state index in [1.165, 1.54) is 12.6 Å². The second-order valence-electron chi connectivity index (χ2n) is 1.20. The van der Waals surface area contributed by atoms with E-state index in [1.807, 2.05) is 0 Å². The van der Waals surface area contributed by atoms with Crippen molar-refractivity contribution in [3.8, 4) is 0 Å². The summed E-state index contributed by atoms with van der Waals surface area (Å²) in [6, 6.07) is 0. The molecule has 0 radical (unpaired) electrons. The number of rotatable bonds is 0. The maximum Gasteiger partial charge on any atom is 0.195 e. The number of hydrogen-bond acceptors (Lipinski definition) is 3. The Hall–Kier alpha value is -0.700. The molecule has 1 aliphatic heterocycles. The molecule has 3 nitrogen and oxygen atoms in total. The molecule has 0 aliphatic carbocycles. The number of halogens is 1. The Labute approximate surface area is 52.9 Å². The Morgan fingerprint density at radius 3 is 2.62 bits per heavy atom. The summed E-state index contributed by atoms with van der Waals surface area (Å²) < 4.78 is 0. The third-order valence-corrected chi connectivity index (χ3v) is 0.614. The molecule has 0 atom stereocenters. The van der Waals surface area contributed by atoms with Gasteiger partial charge in [0.15, 0.2) is 5.78 Å². The zero-order chi connectivity index (χ0) is 5.11. The predicted octanol–water partition coefficient (Wildman–Crippen LogP) is 0.0900. The lowest BCUT2D eigenvalue weighted by Gasteiger charge is -1.88. The molecule has 0 bridgehead atoms. The first-order valence-electron chi connectivity index (χ1n) is 1.94. The number of aliphatic imine (C=N–C) groups is 2. The average molecular weight is 133 g/mol. The summed E-state index contributed by atoms with van der Waals surface area (Å²) in [7, 11) is 0. The fraction of sp³-hybridized carbons (Fsp3) is 0.250. The van der Waals surface area contributed by atoms with Crippen molar-refractivity contribution < 1.29 is 4.79 Å². The van der Waals surface area contributed by atoms with Crippen molar-refractivity contribution in [2.75, 3.05) is 6.54 Å². The molecule has 0 saturated carbocycles. The third kappa shape index (κ3) is 1.84. The highest BCUT2D eigenvalue weighted by molar-refractivity contribution is 6.30. The van der Waals surface area contributed by atoms with Crippen LogP contribution in [0.15, 0.2) is 9.98 Å². The van der Waals surface area contributed by atoms with Crippen molar-refractivity contribution in [1.82, 2.24) is 0 Å². The monoisotopic (exact) mass is 132 g/mol. The van der Waals surface area contributed by atoms with Gasteiger partial charge >= 0.3 is 0 Å². The normalized spacial score (nSPS) is 15.8. The van der Waals surface area contributed by atoms with Crippen LogP contribution in [0.4, 0.5) is 0 Å². The van der Waals surface area contributed by atoms with Crippen LogP contribution in [0.3, 0.4) is 0 Å². The van der Waals surface area contributed by atoms with Gasteiger partial charge < -0.3 is 0 Å². The van der Waals surface area contributed by atoms with Gasteiger partial charge in [0.25, 0.3) is 0 Å². The Kier molecular flexibility index (Phi) is 3.03. The minimum atomic E-state index is -0.0255. The standard InChI is InChI=1S/C4H4N2O.ClH/c7-4-1-5-3-6-2-4;/h1,3H,2H2;1H. The highest BCUT2D eigenvalue weighted by atomic mass is 35.5. The summed E-state index contributed by atoms with van der Waals surface area (Å²) in [5.74, 6) is -0.0255. The Balaban J connectivity index is 0.000000490. The van der Waals surface area contributed by atoms with Crippen LogP contribution in [0.5, 0.6) is 0 Å². The SMILES string of the molecule is Cl.O=C1C=NC=NC1. The molecule has 1 heterocycles. The summed E-state index contributed by atoms with van der Waals surface area (Å²) in [4.78, 5) is 17.3. The van der Waals surface area contributed by atoms with E-state index >= 15 is 0 Å². The molecule has 0 spiro atoms. The van der Waals surface area contributed by atoms with E-state index in [0.717, 1.165) is 0 Å². The summed E-state index contributed by atoms with van der Waals surface area (Å²) in [6.07, 6.45) is 2.65. The maximum absolute atomic E-state index is 10.2. The minimum absolute atomic E-state index is 0. The molecular formula is C4H5ClN2O. The minimum Gasteiger partial charge on any atom is -0.291 e. The molecule has 0 saturated heterocycles. The number of Topliss-reactive ketones (excluding diaryl/α,β-unsaturated/α-hetero) is 1. The fourth-order valence-corrected chi connectivity index (χ4v) is 0.335. The molecule has 0 fully saturated rings. The number of carbonyl (C=O) groups excluding carboxylic acids is 1. The first-order chi connectivity index (χ1) is 3.39. The molecule has 1 rings (SSSR count). The van der Waals surface area contributed by atoms with Crippen molar-refractivity contribution in [3.63, 3.8) is 0 Å². The Morgan fingerprint density at radius 1 is 1.62 bits per heavy atom. The molecule has 0 aromatic rings. The topological polar surface area (TPSA) is 41.8 Å². The van der Waals surface area contributed by atoms with E-state index in [0.29, 0.717) is 0 Å². The number of ketones is 1. The van der Waals surface area contributed by atoms with Crippen LogP contribution >= 0.6 is 12.4 Å².